The second-order valence-electron chi connectivity index (χ2n) is 7.31. The van der Waals surface area contributed by atoms with Crippen LogP contribution in [0, 0.1) is 0 Å². The molecule has 0 radical (unpaired) electrons. The van der Waals surface area contributed by atoms with Crippen LogP contribution in [0.1, 0.15) is 57.5 Å². The highest BCUT2D eigenvalue weighted by molar-refractivity contribution is 5.96. The molecule has 0 aliphatic rings. The van der Waals surface area contributed by atoms with Crippen molar-refractivity contribution in [2.75, 3.05) is 6.54 Å². The van der Waals surface area contributed by atoms with E-state index in [9.17, 15) is 9.59 Å². The van der Waals surface area contributed by atoms with Crippen molar-refractivity contribution in [1.82, 2.24) is 10.6 Å². The van der Waals surface area contributed by atoms with E-state index in [4.69, 9.17) is 0 Å². The van der Waals surface area contributed by atoms with Gasteiger partial charge in [0.1, 0.15) is 0 Å². The van der Waals surface area contributed by atoms with E-state index >= 15 is 0 Å². The van der Waals surface area contributed by atoms with Gasteiger partial charge in [-0.2, -0.15) is 0 Å². The number of nitrogens with one attached hydrogen (secondary N) is 2. The number of carbonyl (C=O) groups excluding carboxylic acids is 2. The highest BCUT2D eigenvalue weighted by Crippen LogP contribution is 2.22. The van der Waals surface area contributed by atoms with Gasteiger partial charge in [0.05, 0.1) is 6.54 Å². The zero-order chi connectivity index (χ0) is 16.3. The van der Waals surface area contributed by atoms with E-state index in [0.29, 0.717) is 5.56 Å². The molecule has 4 heteroatoms. The molecule has 0 aromatic heterocycles. The molecule has 21 heavy (non-hydrogen) atoms. The van der Waals surface area contributed by atoms with Gasteiger partial charge in [-0.3, -0.25) is 9.59 Å². The molecule has 0 atom stereocenters. The van der Waals surface area contributed by atoms with Crippen LogP contribution in [-0.2, 0) is 10.2 Å². The Morgan fingerprint density at radius 2 is 1.48 bits per heavy atom. The lowest BCUT2D eigenvalue weighted by Gasteiger charge is -2.20. The molecule has 116 valence electrons. The van der Waals surface area contributed by atoms with E-state index in [2.05, 4.69) is 31.4 Å². The summed E-state index contributed by atoms with van der Waals surface area (Å²) in [6, 6.07) is 7.48. The van der Waals surface area contributed by atoms with E-state index in [1.165, 1.54) is 5.56 Å². The Labute approximate surface area is 127 Å². The van der Waals surface area contributed by atoms with Crippen LogP contribution in [0.3, 0.4) is 0 Å². The number of hydrogen-bond donors (Lipinski definition) is 2. The molecule has 0 unspecified atom stereocenters. The van der Waals surface area contributed by atoms with Crippen LogP contribution in [0.4, 0.5) is 0 Å². The van der Waals surface area contributed by atoms with Crippen LogP contribution in [0.2, 0.25) is 0 Å². The predicted molar refractivity (Wildman–Crippen MR) is 85.4 cm³/mol. The van der Waals surface area contributed by atoms with Crippen molar-refractivity contribution in [3.05, 3.63) is 35.4 Å². The highest BCUT2D eigenvalue weighted by Gasteiger charge is 2.16. The first-order valence-electron chi connectivity index (χ1n) is 7.19. The van der Waals surface area contributed by atoms with Crippen LogP contribution >= 0.6 is 0 Å². The van der Waals surface area contributed by atoms with Crippen molar-refractivity contribution < 1.29 is 9.59 Å². The van der Waals surface area contributed by atoms with E-state index < -0.39 is 0 Å². The summed E-state index contributed by atoms with van der Waals surface area (Å²) in [5.41, 5.74) is 1.49. The van der Waals surface area contributed by atoms with Gasteiger partial charge in [-0.05, 0) is 43.9 Å². The Morgan fingerprint density at radius 1 is 0.952 bits per heavy atom. The maximum Gasteiger partial charge on any atom is 0.251 e. The fourth-order valence-electron chi connectivity index (χ4n) is 1.85. The Hall–Kier alpha value is -1.84. The smallest absolute Gasteiger partial charge is 0.251 e. The van der Waals surface area contributed by atoms with E-state index in [1.54, 1.807) is 12.1 Å². The standard InChI is InChI=1S/C17H26N2O2/c1-16(2,3)13-9-7-12(8-10-13)15(21)18-11-14(20)19-17(4,5)6/h7-10H,11H2,1-6H3,(H,18,21)(H,19,20). The van der Waals surface area contributed by atoms with Gasteiger partial charge in [0.2, 0.25) is 5.91 Å². The number of benzene rings is 1. The van der Waals surface area contributed by atoms with Crippen LogP contribution in [0.5, 0.6) is 0 Å². The van der Waals surface area contributed by atoms with Crippen molar-refractivity contribution in [1.29, 1.82) is 0 Å². The quantitative estimate of drug-likeness (QED) is 0.899. The molecular weight excluding hydrogens is 264 g/mol. The average molecular weight is 290 g/mol. The summed E-state index contributed by atoms with van der Waals surface area (Å²) in [5.74, 6) is -0.429. The molecular formula is C17H26N2O2. The number of carbonyl (C=O) groups is 2. The second kappa shape index (κ2) is 6.29. The Bertz CT molecular complexity index is 505. The molecule has 1 rings (SSSR count). The maximum atomic E-state index is 12.0. The Balaban J connectivity index is 2.59. The summed E-state index contributed by atoms with van der Waals surface area (Å²) in [6.07, 6.45) is 0. The van der Waals surface area contributed by atoms with Crippen LogP contribution in [0.25, 0.3) is 0 Å². The first-order valence-corrected chi connectivity index (χ1v) is 7.19. The van der Waals surface area contributed by atoms with Crippen LogP contribution in [-0.4, -0.2) is 23.9 Å². The van der Waals surface area contributed by atoms with Gasteiger partial charge < -0.3 is 10.6 Å². The summed E-state index contributed by atoms with van der Waals surface area (Å²) >= 11 is 0. The molecule has 0 aliphatic heterocycles. The van der Waals surface area contributed by atoms with E-state index in [0.717, 1.165) is 0 Å². The molecule has 1 aromatic rings. The minimum atomic E-state index is -0.295. The Kier molecular flexibility index (Phi) is 5.15. The molecule has 1 aromatic carbocycles. The van der Waals surface area contributed by atoms with Crippen molar-refractivity contribution >= 4 is 11.8 Å². The first kappa shape index (κ1) is 17.2. The lowest BCUT2D eigenvalue weighted by Crippen LogP contribution is -2.45. The molecule has 0 bridgehead atoms. The second-order valence-corrected chi connectivity index (χ2v) is 7.31. The minimum absolute atomic E-state index is 0.0167. The van der Waals surface area contributed by atoms with Gasteiger partial charge in [-0.25, -0.2) is 0 Å². The summed E-state index contributed by atoms with van der Waals surface area (Å²) in [7, 11) is 0. The third kappa shape index (κ3) is 5.98. The van der Waals surface area contributed by atoms with Gasteiger partial charge in [0.25, 0.3) is 5.91 Å². The van der Waals surface area contributed by atoms with E-state index in [1.807, 2.05) is 32.9 Å². The molecule has 0 saturated carbocycles. The average Bonchev–Trinajstić information content (AvgIpc) is 2.33. The molecule has 4 nitrogen and oxygen atoms in total. The van der Waals surface area contributed by atoms with Gasteiger partial charge in [-0.1, -0.05) is 32.9 Å². The molecule has 2 amide bonds. The number of rotatable bonds is 3. The fourth-order valence-corrected chi connectivity index (χ4v) is 1.85. The van der Waals surface area contributed by atoms with Gasteiger partial charge >= 0.3 is 0 Å². The molecule has 0 heterocycles. The third-order valence-electron chi connectivity index (χ3n) is 2.94. The van der Waals surface area contributed by atoms with Crippen LogP contribution < -0.4 is 10.6 Å². The van der Waals surface area contributed by atoms with Crippen molar-refractivity contribution in [2.24, 2.45) is 0 Å². The summed E-state index contributed by atoms with van der Waals surface area (Å²) in [6.45, 7) is 12.1. The molecule has 2 N–H and O–H groups in total. The summed E-state index contributed by atoms with van der Waals surface area (Å²) in [5, 5.41) is 5.43. The molecule has 0 saturated heterocycles. The number of hydrogen-bond acceptors (Lipinski definition) is 2. The summed E-state index contributed by atoms with van der Waals surface area (Å²) < 4.78 is 0. The van der Waals surface area contributed by atoms with Crippen molar-refractivity contribution in [3.8, 4) is 0 Å². The normalized spacial score (nSPS) is 11.9. The predicted octanol–water partition coefficient (Wildman–Crippen LogP) is 2.63. The lowest BCUT2D eigenvalue weighted by atomic mass is 9.87. The Morgan fingerprint density at radius 3 is 1.90 bits per heavy atom. The zero-order valence-corrected chi connectivity index (χ0v) is 13.8. The molecule has 0 spiro atoms. The highest BCUT2D eigenvalue weighted by atomic mass is 16.2. The van der Waals surface area contributed by atoms with E-state index in [-0.39, 0.29) is 29.3 Å². The number of amides is 2. The molecule has 0 fully saturated rings. The summed E-state index contributed by atoms with van der Waals surface area (Å²) in [4.78, 5) is 23.6. The fraction of sp³-hybridized carbons (Fsp3) is 0.529. The monoisotopic (exact) mass is 290 g/mol. The minimum Gasteiger partial charge on any atom is -0.350 e. The zero-order valence-electron chi connectivity index (χ0n) is 13.8. The first-order chi connectivity index (χ1) is 9.49. The van der Waals surface area contributed by atoms with Gasteiger partial charge in [0.15, 0.2) is 0 Å². The van der Waals surface area contributed by atoms with Crippen molar-refractivity contribution in [2.45, 2.75) is 52.5 Å². The topological polar surface area (TPSA) is 58.2 Å². The third-order valence-corrected chi connectivity index (χ3v) is 2.94. The van der Waals surface area contributed by atoms with Crippen LogP contribution in [0.15, 0.2) is 24.3 Å². The largest absolute Gasteiger partial charge is 0.350 e. The van der Waals surface area contributed by atoms with Crippen molar-refractivity contribution in [3.63, 3.8) is 0 Å². The molecule has 0 aliphatic carbocycles. The SMILES string of the molecule is CC(C)(C)NC(=O)CNC(=O)c1ccc(C(C)(C)C)cc1. The lowest BCUT2D eigenvalue weighted by molar-refractivity contribution is -0.121. The maximum absolute atomic E-state index is 12.0. The van der Waals surface area contributed by atoms with Gasteiger partial charge in [-0.15, -0.1) is 0 Å². The van der Waals surface area contributed by atoms with Gasteiger partial charge in [0, 0.05) is 11.1 Å².